The average molecular weight is 727 g/mol. The summed E-state index contributed by atoms with van der Waals surface area (Å²) in [6, 6.07) is 54.1. The summed E-state index contributed by atoms with van der Waals surface area (Å²) in [7, 11) is 0. The first kappa shape index (κ1) is 33.3. The first-order valence-corrected chi connectivity index (χ1v) is 20.1. The quantitative estimate of drug-likeness (QED) is 0.180. The molecule has 7 aromatic carbocycles. The topological polar surface area (TPSA) is 21.3 Å². The number of fused-ring (bicyclic) bond motifs is 10. The second kappa shape index (κ2) is 11.5. The molecular formula is C53H46N2O. The van der Waals surface area contributed by atoms with Crippen molar-refractivity contribution in [3.8, 4) is 16.8 Å². The summed E-state index contributed by atoms with van der Waals surface area (Å²) in [5.74, 6) is 0. The third-order valence-electron chi connectivity index (χ3n) is 13.5. The molecule has 274 valence electrons. The highest BCUT2D eigenvalue weighted by Gasteiger charge is 2.38. The summed E-state index contributed by atoms with van der Waals surface area (Å²) >= 11 is 0. The van der Waals surface area contributed by atoms with Crippen LogP contribution >= 0.6 is 0 Å². The number of aromatic nitrogens is 1. The zero-order valence-corrected chi connectivity index (χ0v) is 33.1. The van der Waals surface area contributed by atoms with Crippen LogP contribution in [0.25, 0.3) is 60.6 Å². The predicted octanol–water partition coefficient (Wildman–Crippen LogP) is 14.8. The highest BCUT2D eigenvalue weighted by atomic mass is 16.3. The van der Waals surface area contributed by atoms with Gasteiger partial charge < -0.3 is 13.9 Å². The van der Waals surface area contributed by atoms with Crippen LogP contribution in [0.5, 0.6) is 0 Å². The summed E-state index contributed by atoms with van der Waals surface area (Å²) in [4.78, 5) is 2.46. The van der Waals surface area contributed by atoms with Gasteiger partial charge in [0.15, 0.2) is 0 Å². The van der Waals surface area contributed by atoms with Gasteiger partial charge >= 0.3 is 0 Å². The molecular weight excluding hydrogens is 681 g/mol. The molecule has 0 radical (unpaired) electrons. The molecule has 9 aromatic rings. The van der Waals surface area contributed by atoms with Gasteiger partial charge in [0.1, 0.15) is 11.2 Å². The maximum atomic E-state index is 6.50. The fraction of sp³-hybridized carbons (Fsp3) is 0.208. The molecule has 2 aliphatic carbocycles. The van der Waals surface area contributed by atoms with Crippen molar-refractivity contribution in [2.75, 3.05) is 4.90 Å². The van der Waals surface area contributed by atoms with E-state index in [1.54, 1.807) is 0 Å². The standard InChI is InChI=1S/C53H46N2O/c1-51(2)28-29-52(3,4)44-31-34(24-27-42(44)51)55-45-18-11-8-15-38(45)39-26-23-35(32-47(39)55)54(46-19-13-21-49-50(46)40-16-9-12-20-48(40)56-49)33-22-25-37-36-14-7-10-17-41(36)53(5,6)43(37)30-33/h7-27,30-32H,28-29H2,1-6H3. The fourth-order valence-electron chi connectivity index (χ4n) is 10.3. The molecule has 3 heteroatoms. The fourth-order valence-corrected chi connectivity index (χ4v) is 10.3. The lowest BCUT2D eigenvalue weighted by Gasteiger charge is -2.42. The van der Waals surface area contributed by atoms with Crippen LogP contribution in [0.4, 0.5) is 17.1 Å². The molecule has 0 bridgehead atoms. The molecule has 0 atom stereocenters. The molecule has 0 saturated carbocycles. The van der Waals surface area contributed by atoms with Gasteiger partial charge in [-0.3, -0.25) is 0 Å². The molecule has 2 heterocycles. The minimum absolute atomic E-state index is 0.106. The van der Waals surface area contributed by atoms with E-state index in [4.69, 9.17) is 4.42 Å². The van der Waals surface area contributed by atoms with Gasteiger partial charge in [-0.2, -0.15) is 0 Å². The van der Waals surface area contributed by atoms with Crippen LogP contribution in [0.3, 0.4) is 0 Å². The van der Waals surface area contributed by atoms with Crippen molar-refractivity contribution in [2.45, 2.75) is 70.6 Å². The van der Waals surface area contributed by atoms with E-state index in [9.17, 15) is 0 Å². The molecule has 0 unspecified atom stereocenters. The van der Waals surface area contributed by atoms with Crippen LogP contribution in [0.15, 0.2) is 150 Å². The average Bonchev–Trinajstić information content (AvgIpc) is 3.82. The summed E-state index contributed by atoms with van der Waals surface area (Å²) in [5, 5.41) is 4.75. The summed E-state index contributed by atoms with van der Waals surface area (Å²) < 4.78 is 9.00. The normalized spacial score (nSPS) is 16.3. The van der Waals surface area contributed by atoms with Gasteiger partial charge in [0, 0.05) is 38.6 Å². The predicted molar refractivity (Wildman–Crippen MR) is 236 cm³/mol. The van der Waals surface area contributed by atoms with Crippen molar-refractivity contribution in [1.82, 2.24) is 4.57 Å². The van der Waals surface area contributed by atoms with Gasteiger partial charge in [0.25, 0.3) is 0 Å². The van der Waals surface area contributed by atoms with Crippen molar-refractivity contribution in [1.29, 1.82) is 0 Å². The Hall–Kier alpha value is -6.06. The van der Waals surface area contributed by atoms with E-state index in [0.29, 0.717) is 0 Å². The third kappa shape index (κ3) is 4.64. The molecule has 11 rings (SSSR count). The van der Waals surface area contributed by atoms with Crippen LogP contribution < -0.4 is 4.90 Å². The number of hydrogen-bond donors (Lipinski definition) is 0. The number of rotatable bonds is 4. The van der Waals surface area contributed by atoms with Crippen molar-refractivity contribution in [3.05, 3.63) is 168 Å². The number of benzene rings is 7. The van der Waals surface area contributed by atoms with Gasteiger partial charge in [-0.05, 0) is 118 Å². The number of anilines is 3. The van der Waals surface area contributed by atoms with E-state index in [1.807, 2.05) is 0 Å². The van der Waals surface area contributed by atoms with Crippen molar-refractivity contribution >= 4 is 60.8 Å². The Balaban J connectivity index is 1.19. The molecule has 56 heavy (non-hydrogen) atoms. The molecule has 0 aliphatic heterocycles. The highest BCUT2D eigenvalue weighted by Crippen LogP contribution is 2.52. The molecule has 0 amide bonds. The smallest absolute Gasteiger partial charge is 0.137 e. The van der Waals surface area contributed by atoms with Crippen molar-refractivity contribution in [2.24, 2.45) is 0 Å². The van der Waals surface area contributed by atoms with Crippen molar-refractivity contribution in [3.63, 3.8) is 0 Å². The molecule has 0 spiro atoms. The van der Waals surface area contributed by atoms with E-state index in [-0.39, 0.29) is 16.2 Å². The van der Waals surface area contributed by atoms with E-state index >= 15 is 0 Å². The number of furan rings is 1. The lowest BCUT2D eigenvalue weighted by Crippen LogP contribution is -2.33. The summed E-state index contributed by atoms with van der Waals surface area (Å²) in [5.41, 5.74) is 17.2. The first-order chi connectivity index (χ1) is 27.0. The Morgan fingerprint density at radius 1 is 0.482 bits per heavy atom. The van der Waals surface area contributed by atoms with Gasteiger partial charge in [-0.15, -0.1) is 0 Å². The lowest BCUT2D eigenvalue weighted by atomic mass is 9.63. The minimum atomic E-state index is -0.132. The van der Waals surface area contributed by atoms with Crippen LogP contribution in [0.1, 0.15) is 76.6 Å². The zero-order chi connectivity index (χ0) is 38.1. The maximum absolute atomic E-state index is 6.50. The SMILES string of the molecule is CC1(C)CCC(C)(C)c2cc(-n3c4ccccc4c4ccc(N(c5ccc6c(c5)C(C)(C)c5ccccc5-6)c5cccc6oc7ccccc7c56)cc43)ccc21. The van der Waals surface area contributed by atoms with Crippen LogP contribution in [0.2, 0.25) is 0 Å². The van der Waals surface area contributed by atoms with E-state index in [1.165, 1.54) is 73.7 Å². The zero-order valence-electron chi connectivity index (χ0n) is 33.1. The van der Waals surface area contributed by atoms with Crippen LogP contribution in [-0.2, 0) is 16.2 Å². The largest absolute Gasteiger partial charge is 0.456 e. The summed E-state index contributed by atoms with van der Waals surface area (Å²) in [6.07, 6.45) is 2.38. The number of para-hydroxylation sites is 2. The maximum Gasteiger partial charge on any atom is 0.137 e. The van der Waals surface area contributed by atoms with Crippen molar-refractivity contribution < 1.29 is 4.42 Å². The Morgan fingerprint density at radius 2 is 1.14 bits per heavy atom. The number of hydrogen-bond acceptors (Lipinski definition) is 2. The monoisotopic (exact) mass is 726 g/mol. The van der Waals surface area contributed by atoms with Gasteiger partial charge in [0.05, 0.1) is 22.1 Å². The molecule has 2 aromatic heterocycles. The Bertz CT molecular complexity index is 3080. The third-order valence-corrected chi connectivity index (χ3v) is 13.5. The highest BCUT2D eigenvalue weighted by molar-refractivity contribution is 6.14. The van der Waals surface area contributed by atoms with E-state index in [0.717, 1.165) is 39.0 Å². The lowest BCUT2D eigenvalue weighted by molar-refractivity contribution is 0.332. The number of nitrogens with zero attached hydrogens (tertiary/aromatic N) is 2. The first-order valence-electron chi connectivity index (χ1n) is 20.1. The summed E-state index contributed by atoms with van der Waals surface area (Å²) in [6.45, 7) is 14.4. The van der Waals surface area contributed by atoms with E-state index < -0.39 is 0 Å². The molecule has 3 nitrogen and oxygen atoms in total. The van der Waals surface area contributed by atoms with Gasteiger partial charge in [-0.25, -0.2) is 0 Å². The van der Waals surface area contributed by atoms with Gasteiger partial charge in [0.2, 0.25) is 0 Å². The molecule has 2 aliphatic rings. The Labute approximate surface area is 328 Å². The minimum Gasteiger partial charge on any atom is -0.456 e. The van der Waals surface area contributed by atoms with Gasteiger partial charge in [-0.1, -0.05) is 126 Å². The van der Waals surface area contributed by atoms with Crippen LogP contribution in [-0.4, -0.2) is 4.57 Å². The second-order valence-electron chi connectivity index (χ2n) is 18.0. The second-order valence-corrected chi connectivity index (χ2v) is 18.0. The Kier molecular flexibility index (Phi) is 6.83. The molecule has 0 saturated heterocycles. The molecule has 0 fully saturated rings. The van der Waals surface area contributed by atoms with Crippen LogP contribution in [0, 0.1) is 0 Å². The van der Waals surface area contributed by atoms with E-state index in [2.05, 4.69) is 197 Å². The Morgan fingerprint density at radius 3 is 2.00 bits per heavy atom. The molecule has 0 N–H and O–H groups in total.